The van der Waals surface area contributed by atoms with Crippen LogP contribution < -0.4 is 0 Å². The quantitative estimate of drug-likeness (QED) is 0.730. The number of nitrogens with zero attached hydrogens (tertiary/aromatic N) is 5. The van der Waals surface area contributed by atoms with Crippen LogP contribution in [0.15, 0.2) is 41.3 Å². The van der Waals surface area contributed by atoms with Crippen molar-refractivity contribution < 1.29 is 0 Å². The molecule has 3 aromatic rings. The van der Waals surface area contributed by atoms with E-state index in [2.05, 4.69) is 31.1 Å². The maximum Gasteiger partial charge on any atom is 0.180 e. The molecular formula is C13H12BrN5. The second-order valence-electron chi connectivity index (χ2n) is 4.27. The van der Waals surface area contributed by atoms with Gasteiger partial charge in [-0.2, -0.15) is 10.2 Å². The Labute approximate surface area is 119 Å². The van der Waals surface area contributed by atoms with Gasteiger partial charge in [-0.1, -0.05) is 0 Å². The summed E-state index contributed by atoms with van der Waals surface area (Å²) in [7, 11) is 0. The number of hydrogen-bond donors (Lipinski definition) is 0. The highest BCUT2D eigenvalue weighted by atomic mass is 79.9. The fraction of sp³-hybridized carbons (Fsp3) is 0.154. The molecule has 3 aromatic heterocycles. The predicted octanol–water partition coefficient (Wildman–Crippen LogP) is 2.83. The van der Waals surface area contributed by atoms with Crippen molar-refractivity contribution in [3.63, 3.8) is 0 Å². The lowest BCUT2D eigenvalue weighted by Gasteiger charge is -2.10. The number of rotatable bonds is 2. The predicted molar refractivity (Wildman–Crippen MR) is 75.7 cm³/mol. The summed E-state index contributed by atoms with van der Waals surface area (Å²) in [6, 6.07) is 5.80. The third kappa shape index (κ3) is 2.19. The van der Waals surface area contributed by atoms with Gasteiger partial charge in [-0.15, -0.1) is 0 Å². The van der Waals surface area contributed by atoms with Gasteiger partial charge in [0, 0.05) is 23.1 Å². The van der Waals surface area contributed by atoms with Crippen LogP contribution >= 0.6 is 15.9 Å². The monoisotopic (exact) mass is 317 g/mol. The maximum atomic E-state index is 4.44. The molecule has 0 unspecified atom stereocenters. The molecule has 0 spiro atoms. The first-order valence-corrected chi connectivity index (χ1v) is 6.64. The van der Waals surface area contributed by atoms with E-state index in [1.165, 1.54) is 0 Å². The van der Waals surface area contributed by atoms with Crippen LogP contribution in [0, 0.1) is 13.8 Å². The van der Waals surface area contributed by atoms with Gasteiger partial charge in [0.25, 0.3) is 0 Å². The number of halogens is 1. The Kier molecular flexibility index (Phi) is 2.94. The van der Waals surface area contributed by atoms with Crippen LogP contribution in [-0.4, -0.2) is 24.5 Å². The third-order valence-corrected chi connectivity index (χ3v) is 3.39. The van der Waals surface area contributed by atoms with Crippen molar-refractivity contribution in [2.24, 2.45) is 0 Å². The fourth-order valence-corrected chi connectivity index (χ4v) is 2.35. The molecule has 0 aliphatic heterocycles. The van der Waals surface area contributed by atoms with Crippen LogP contribution in [-0.2, 0) is 0 Å². The summed E-state index contributed by atoms with van der Waals surface area (Å²) in [4.78, 5) is 4.42. The van der Waals surface area contributed by atoms with E-state index in [1.807, 2.05) is 44.4 Å². The molecule has 0 radical (unpaired) electrons. The minimum Gasteiger partial charge on any atom is -0.236 e. The van der Waals surface area contributed by atoms with E-state index in [0.29, 0.717) is 0 Å². The number of pyridine rings is 1. The van der Waals surface area contributed by atoms with E-state index in [4.69, 9.17) is 0 Å². The number of aromatic nitrogens is 5. The summed E-state index contributed by atoms with van der Waals surface area (Å²) in [6.45, 7) is 3.91. The van der Waals surface area contributed by atoms with E-state index < -0.39 is 0 Å². The second-order valence-corrected chi connectivity index (χ2v) is 5.12. The van der Waals surface area contributed by atoms with Crippen LogP contribution in [0.25, 0.3) is 11.5 Å². The lowest BCUT2D eigenvalue weighted by molar-refractivity contribution is 0.785. The average molecular weight is 318 g/mol. The molecule has 0 N–H and O–H groups in total. The summed E-state index contributed by atoms with van der Waals surface area (Å²) in [5, 5.41) is 8.85. The van der Waals surface area contributed by atoms with Gasteiger partial charge in [-0.3, -0.25) is 0 Å². The van der Waals surface area contributed by atoms with Crippen LogP contribution in [0.3, 0.4) is 0 Å². The first-order valence-electron chi connectivity index (χ1n) is 5.85. The van der Waals surface area contributed by atoms with E-state index in [0.717, 1.165) is 27.4 Å². The molecule has 0 saturated heterocycles. The molecule has 0 aliphatic rings. The molecule has 0 aromatic carbocycles. The topological polar surface area (TPSA) is 48.5 Å². The third-order valence-electron chi connectivity index (χ3n) is 2.75. The zero-order valence-corrected chi connectivity index (χ0v) is 12.2. The van der Waals surface area contributed by atoms with Crippen LogP contribution in [0.5, 0.6) is 0 Å². The molecule has 5 nitrogen and oxygen atoms in total. The fourth-order valence-electron chi connectivity index (χ4n) is 1.87. The number of hydrogen-bond acceptors (Lipinski definition) is 3. The summed E-state index contributed by atoms with van der Waals surface area (Å²) in [5.74, 6) is 0.741. The summed E-state index contributed by atoms with van der Waals surface area (Å²) in [5.41, 5.74) is 2.78. The molecule has 0 aliphatic carbocycles. The molecule has 0 fully saturated rings. The van der Waals surface area contributed by atoms with Gasteiger partial charge < -0.3 is 0 Å². The highest BCUT2D eigenvalue weighted by Crippen LogP contribution is 2.25. The Hall–Kier alpha value is -1.95. The van der Waals surface area contributed by atoms with Crippen molar-refractivity contribution in [2.75, 3.05) is 0 Å². The molecule has 3 heterocycles. The van der Waals surface area contributed by atoms with Crippen molar-refractivity contribution >= 4 is 15.9 Å². The van der Waals surface area contributed by atoms with Gasteiger partial charge in [-0.05, 0) is 48.0 Å². The first-order chi connectivity index (χ1) is 9.15. The Bertz CT molecular complexity index is 728. The highest BCUT2D eigenvalue weighted by molar-refractivity contribution is 9.10. The molecular weight excluding hydrogens is 306 g/mol. The van der Waals surface area contributed by atoms with Crippen LogP contribution in [0.1, 0.15) is 11.4 Å². The van der Waals surface area contributed by atoms with Gasteiger partial charge in [0.1, 0.15) is 5.69 Å². The summed E-state index contributed by atoms with van der Waals surface area (Å²) < 4.78 is 4.49. The second kappa shape index (κ2) is 4.62. The first kappa shape index (κ1) is 12.1. The van der Waals surface area contributed by atoms with Gasteiger partial charge in [0.15, 0.2) is 5.82 Å². The highest BCUT2D eigenvalue weighted by Gasteiger charge is 2.13. The van der Waals surface area contributed by atoms with Crippen molar-refractivity contribution in [1.82, 2.24) is 24.5 Å². The summed E-state index contributed by atoms with van der Waals surface area (Å²) >= 11 is 3.56. The minimum atomic E-state index is 0.741. The average Bonchev–Trinajstić information content (AvgIpc) is 2.98. The van der Waals surface area contributed by atoms with Gasteiger partial charge >= 0.3 is 0 Å². The SMILES string of the molecule is Cc1ccn(-c2nccc(Br)c2-n2ccc(C)n2)n1. The van der Waals surface area contributed by atoms with E-state index >= 15 is 0 Å². The van der Waals surface area contributed by atoms with Gasteiger partial charge in [0.05, 0.1) is 11.4 Å². The standard InChI is InChI=1S/C13H12BrN5/c1-9-4-7-18(16-9)12-11(14)3-6-15-13(12)19-8-5-10(2)17-19/h3-8H,1-2H3. The molecule has 3 rings (SSSR count). The molecule has 96 valence electrons. The maximum absolute atomic E-state index is 4.44. The van der Waals surface area contributed by atoms with E-state index in [-0.39, 0.29) is 0 Å². The van der Waals surface area contributed by atoms with Crippen molar-refractivity contribution in [3.05, 3.63) is 52.7 Å². The van der Waals surface area contributed by atoms with E-state index in [1.54, 1.807) is 15.6 Å². The molecule has 0 saturated carbocycles. The molecule has 19 heavy (non-hydrogen) atoms. The molecule has 0 atom stereocenters. The number of aryl methyl sites for hydroxylation is 2. The Balaban J connectivity index is 2.23. The Morgan fingerprint density at radius 2 is 1.58 bits per heavy atom. The largest absolute Gasteiger partial charge is 0.236 e. The van der Waals surface area contributed by atoms with Crippen LogP contribution in [0.2, 0.25) is 0 Å². The van der Waals surface area contributed by atoms with Crippen molar-refractivity contribution in [1.29, 1.82) is 0 Å². The Morgan fingerprint density at radius 3 is 2.16 bits per heavy atom. The van der Waals surface area contributed by atoms with Crippen molar-refractivity contribution in [2.45, 2.75) is 13.8 Å². The molecule has 0 amide bonds. The normalized spacial score (nSPS) is 10.9. The lowest BCUT2D eigenvalue weighted by Crippen LogP contribution is -2.07. The molecule has 6 heteroatoms. The van der Waals surface area contributed by atoms with E-state index in [9.17, 15) is 0 Å². The zero-order valence-electron chi connectivity index (χ0n) is 10.6. The van der Waals surface area contributed by atoms with Gasteiger partial charge in [-0.25, -0.2) is 14.3 Å². The van der Waals surface area contributed by atoms with Gasteiger partial charge in [0.2, 0.25) is 0 Å². The lowest BCUT2D eigenvalue weighted by atomic mass is 10.4. The van der Waals surface area contributed by atoms with Crippen LogP contribution in [0.4, 0.5) is 0 Å². The smallest absolute Gasteiger partial charge is 0.180 e. The summed E-state index contributed by atoms with van der Waals surface area (Å²) in [6.07, 6.45) is 5.55. The molecule has 0 bridgehead atoms. The van der Waals surface area contributed by atoms with Crippen molar-refractivity contribution in [3.8, 4) is 11.5 Å². The zero-order chi connectivity index (χ0) is 13.4. The minimum absolute atomic E-state index is 0.741. The Morgan fingerprint density at radius 1 is 0.947 bits per heavy atom.